The average Bonchev–Trinajstić information content (AvgIpc) is 2.44. The Labute approximate surface area is 134 Å². The van der Waals surface area contributed by atoms with E-state index in [0.717, 1.165) is 25.6 Å². The highest BCUT2D eigenvalue weighted by atomic mass is 16.5. The van der Waals surface area contributed by atoms with E-state index in [1.807, 2.05) is 13.8 Å². The number of nitrogens with one attached hydrogen (secondary N) is 2. The molecule has 1 aliphatic heterocycles. The molecule has 0 spiro atoms. The van der Waals surface area contributed by atoms with Crippen molar-refractivity contribution in [3.63, 3.8) is 0 Å². The monoisotopic (exact) mass is 313 g/mol. The van der Waals surface area contributed by atoms with E-state index >= 15 is 0 Å². The van der Waals surface area contributed by atoms with Gasteiger partial charge in [0.2, 0.25) is 5.91 Å². The molecule has 2 atom stereocenters. The SMILES string of the molecule is CCOC(=O)NC(C(=O)NCCN1CCCC(C)C1)C(C)C. The van der Waals surface area contributed by atoms with Gasteiger partial charge in [0, 0.05) is 19.6 Å². The molecule has 1 rings (SSSR count). The largest absolute Gasteiger partial charge is 0.450 e. The number of nitrogens with zero attached hydrogens (tertiary/aromatic N) is 1. The summed E-state index contributed by atoms with van der Waals surface area (Å²) in [6, 6.07) is -0.556. The normalized spacial score (nSPS) is 20.5. The maximum Gasteiger partial charge on any atom is 0.407 e. The topological polar surface area (TPSA) is 70.7 Å². The minimum atomic E-state index is -0.556. The van der Waals surface area contributed by atoms with Crippen LogP contribution in [-0.2, 0) is 9.53 Å². The fraction of sp³-hybridized carbons (Fsp3) is 0.875. The van der Waals surface area contributed by atoms with Crippen molar-refractivity contribution < 1.29 is 14.3 Å². The highest BCUT2D eigenvalue weighted by Gasteiger charge is 2.24. The third-order valence-corrected chi connectivity index (χ3v) is 3.97. The first-order valence-electron chi connectivity index (χ1n) is 8.37. The lowest BCUT2D eigenvalue weighted by Gasteiger charge is -2.31. The first kappa shape index (κ1) is 18.7. The number of likely N-dealkylation sites (tertiary alicyclic amines) is 1. The zero-order chi connectivity index (χ0) is 16.5. The van der Waals surface area contributed by atoms with Gasteiger partial charge in [-0.2, -0.15) is 0 Å². The highest BCUT2D eigenvalue weighted by Crippen LogP contribution is 2.14. The van der Waals surface area contributed by atoms with Crippen LogP contribution in [0.4, 0.5) is 4.79 Å². The van der Waals surface area contributed by atoms with Crippen LogP contribution >= 0.6 is 0 Å². The van der Waals surface area contributed by atoms with E-state index in [4.69, 9.17) is 4.74 Å². The molecule has 1 heterocycles. The number of piperidine rings is 1. The van der Waals surface area contributed by atoms with Gasteiger partial charge in [0.25, 0.3) is 0 Å². The zero-order valence-electron chi connectivity index (χ0n) is 14.4. The average molecular weight is 313 g/mol. The quantitative estimate of drug-likeness (QED) is 0.749. The van der Waals surface area contributed by atoms with Gasteiger partial charge >= 0.3 is 6.09 Å². The Morgan fingerprint density at radius 2 is 2.09 bits per heavy atom. The van der Waals surface area contributed by atoms with E-state index < -0.39 is 12.1 Å². The van der Waals surface area contributed by atoms with Crippen molar-refractivity contribution in [1.82, 2.24) is 15.5 Å². The number of carbonyl (C=O) groups is 2. The van der Waals surface area contributed by atoms with E-state index in [9.17, 15) is 9.59 Å². The molecule has 1 aliphatic rings. The third kappa shape index (κ3) is 6.64. The molecule has 128 valence electrons. The van der Waals surface area contributed by atoms with Crippen LogP contribution in [0.15, 0.2) is 0 Å². The molecule has 1 fully saturated rings. The van der Waals surface area contributed by atoms with Crippen molar-refractivity contribution in [3.8, 4) is 0 Å². The molecule has 2 amide bonds. The maximum absolute atomic E-state index is 12.2. The lowest BCUT2D eigenvalue weighted by atomic mass is 10.0. The minimum absolute atomic E-state index is 0.0133. The summed E-state index contributed by atoms with van der Waals surface area (Å²) in [6.45, 7) is 11.8. The lowest BCUT2D eigenvalue weighted by Crippen LogP contribution is -2.51. The molecule has 0 bridgehead atoms. The summed E-state index contributed by atoms with van der Waals surface area (Å²) in [7, 11) is 0. The summed E-state index contributed by atoms with van der Waals surface area (Å²) in [4.78, 5) is 26.1. The molecule has 0 aromatic carbocycles. The van der Waals surface area contributed by atoms with Gasteiger partial charge in [0.1, 0.15) is 6.04 Å². The van der Waals surface area contributed by atoms with Crippen LogP contribution in [0.5, 0.6) is 0 Å². The van der Waals surface area contributed by atoms with Crippen LogP contribution in [0, 0.1) is 11.8 Å². The summed E-state index contributed by atoms with van der Waals surface area (Å²) < 4.78 is 4.85. The Hall–Kier alpha value is -1.30. The number of hydrogen-bond donors (Lipinski definition) is 2. The second kappa shape index (κ2) is 9.66. The Bertz CT molecular complexity index is 361. The second-order valence-electron chi connectivity index (χ2n) is 6.43. The zero-order valence-corrected chi connectivity index (χ0v) is 14.4. The number of ether oxygens (including phenoxy) is 1. The summed E-state index contributed by atoms with van der Waals surface area (Å²) in [5, 5.41) is 5.55. The summed E-state index contributed by atoms with van der Waals surface area (Å²) in [5.41, 5.74) is 0. The number of alkyl carbamates (subject to hydrolysis) is 1. The molecule has 0 radical (unpaired) electrons. The van der Waals surface area contributed by atoms with Crippen molar-refractivity contribution in [2.45, 2.75) is 46.6 Å². The third-order valence-electron chi connectivity index (χ3n) is 3.97. The van der Waals surface area contributed by atoms with Crippen LogP contribution < -0.4 is 10.6 Å². The smallest absolute Gasteiger partial charge is 0.407 e. The fourth-order valence-electron chi connectivity index (χ4n) is 2.77. The number of hydrogen-bond acceptors (Lipinski definition) is 4. The fourth-order valence-corrected chi connectivity index (χ4v) is 2.77. The predicted octanol–water partition coefficient (Wildman–Crippen LogP) is 1.61. The van der Waals surface area contributed by atoms with Crippen molar-refractivity contribution in [1.29, 1.82) is 0 Å². The van der Waals surface area contributed by atoms with Crippen LogP contribution in [0.25, 0.3) is 0 Å². The molecule has 0 aromatic heterocycles. The summed E-state index contributed by atoms with van der Waals surface area (Å²) in [5.74, 6) is 0.603. The molecule has 1 saturated heterocycles. The molecule has 0 aromatic rings. The molecular formula is C16H31N3O3. The van der Waals surface area contributed by atoms with Crippen LogP contribution in [0.1, 0.15) is 40.5 Å². The molecule has 0 saturated carbocycles. The van der Waals surface area contributed by atoms with E-state index in [1.54, 1.807) is 6.92 Å². The van der Waals surface area contributed by atoms with Gasteiger partial charge < -0.3 is 20.3 Å². The minimum Gasteiger partial charge on any atom is -0.450 e. The van der Waals surface area contributed by atoms with Gasteiger partial charge in [-0.3, -0.25) is 4.79 Å². The van der Waals surface area contributed by atoms with E-state index in [1.165, 1.54) is 12.8 Å². The molecular weight excluding hydrogens is 282 g/mol. The lowest BCUT2D eigenvalue weighted by molar-refractivity contribution is -0.124. The Morgan fingerprint density at radius 1 is 1.36 bits per heavy atom. The molecule has 0 aliphatic carbocycles. The first-order valence-corrected chi connectivity index (χ1v) is 8.37. The van der Waals surface area contributed by atoms with E-state index in [2.05, 4.69) is 22.5 Å². The first-order chi connectivity index (χ1) is 10.4. The van der Waals surface area contributed by atoms with E-state index in [0.29, 0.717) is 13.2 Å². The second-order valence-corrected chi connectivity index (χ2v) is 6.43. The van der Waals surface area contributed by atoms with Crippen molar-refractivity contribution >= 4 is 12.0 Å². The number of rotatable bonds is 7. The van der Waals surface area contributed by atoms with Crippen molar-refractivity contribution in [2.24, 2.45) is 11.8 Å². The van der Waals surface area contributed by atoms with Crippen molar-refractivity contribution in [2.75, 3.05) is 32.8 Å². The maximum atomic E-state index is 12.2. The Balaban J connectivity index is 2.35. The van der Waals surface area contributed by atoms with Crippen LogP contribution in [0.2, 0.25) is 0 Å². The summed E-state index contributed by atoms with van der Waals surface area (Å²) >= 11 is 0. The van der Waals surface area contributed by atoms with Gasteiger partial charge in [-0.25, -0.2) is 4.79 Å². The molecule has 6 nitrogen and oxygen atoms in total. The molecule has 2 unspecified atom stereocenters. The van der Waals surface area contributed by atoms with Gasteiger partial charge in [0.05, 0.1) is 6.61 Å². The molecule has 22 heavy (non-hydrogen) atoms. The number of carbonyl (C=O) groups excluding carboxylic acids is 2. The highest BCUT2D eigenvalue weighted by molar-refractivity contribution is 5.85. The Morgan fingerprint density at radius 3 is 2.68 bits per heavy atom. The Kier molecular flexibility index (Phi) is 8.24. The van der Waals surface area contributed by atoms with Crippen molar-refractivity contribution in [3.05, 3.63) is 0 Å². The van der Waals surface area contributed by atoms with E-state index in [-0.39, 0.29) is 11.8 Å². The van der Waals surface area contributed by atoms with Gasteiger partial charge in [-0.1, -0.05) is 20.8 Å². The van der Waals surface area contributed by atoms with Gasteiger partial charge in [-0.05, 0) is 38.1 Å². The van der Waals surface area contributed by atoms with Crippen LogP contribution in [0.3, 0.4) is 0 Å². The number of amides is 2. The predicted molar refractivity (Wildman–Crippen MR) is 86.6 cm³/mol. The standard InChI is InChI=1S/C16H31N3O3/c1-5-22-16(21)18-14(12(2)3)15(20)17-8-10-19-9-6-7-13(4)11-19/h12-14H,5-11H2,1-4H3,(H,17,20)(H,18,21). The summed E-state index contributed by atoms with van der Waals surface area (Å²) in [6.07, 6.45) is 1.98. The molecule has 2 N–H and O–H groups in total. The molecule has 6 heteroatoms. The van der Waals surface area contributed by atoms with Crippen LogP contribution in [-0.4, -0.2) is 55.7 Å². The van der Waals surface area contributed by atoms with Gasteiger partial charge in [-0.15, -0.1) is 0 Å². The van der Waals surface area contributed by atoms with Gasteiger partial charge in [0.15, 0.2) is 0 Å².